The van der Waals surface area contributed by atoms with Gasteiger partial charge in [-0.2, -0.15) is 13.2 Å². The monoisotopic (exact) mass is 493 g/mol. The average molecular weight is 493 g/mol. The fourth-order valence-corrected chi connectivity index (χ4v) is 2.74. The van der Waals surface area contributed by atoms with Crippen molar-refractivity contribution in [1.82, 2.24) is 15.5 Å². The molecule has 154 valence electrons. The molecule has 0 aromatic heterocycles. The summed E-state index contributed by atoms with van der Waals surface area (Å²) in [4.78, 5) is 17.7. The number of nitrogens with one attached hydrogen (secondary N) is 2. The van der Waals surface area contributed by atoms with Gasteiger partial charge in [0.05, 0.1) is 6.42 Å². The van der Waals surface area contributed by atoms with E-state index in [4.69, 9.17) is 5.73 Å². The summed E-state index contributed by atoms with van der Waals surface area (Å²) in [6.07, 6.45) is -1.56. The minimum absolute atomic E-state index is 0. The van der Waals surface area contributed by atoms with Crippen molar-refractivity contribution in [2.45, 2.75) is 45.2 Å². The van der Waals surface area contributed by atoms with Crippen LogP contribution in [-0.2, 0) is 4.79 Å². The molecule has 10 heteroatoms. The first-order valence-corrected chi connectivity index (χ1v) is 8.92. The van der Waals surface area contributed by atoms with E-state index in [0.717, 1.165) is 45.3 Å². The molecule has 1 saturated heterocycles. The van der Waals surface area contributed by atoms with Crippen molar-refractivity contribution in [2.75, 3.05) is 39.3 Å². The quantitative estimate of drug-likeness (QED) is 0.199. The molecule has 0 spiro atoms. The molecule has 6 nitrogen and oxygen atoms in total. The number of rotatable bonds is 9. The van der Waals surface area contributed by atoms with Crippen LogP contribution in [0.25, 0.3) is 0 Å². The Hall–Kier alpha value is -0.780. The van der Waals surface area contributed by atoms with Gasteiger partial charge in [-0.1, -0.05) is 0 Å². The highest BCUT2D eigenvalue weighted by atomic mass is 127. The molecule has 0 aromatic carbocycles. The zero-order valence-corrected chi connectivity index (χ0v) is 17.6. The highest BCUT2D eigenvalue weighted by Gasteiger charge is 2.26. The van der Waals surface area contributed by atoms with Gasteiger partial charge in [-0.05, 0) is 52.2 Å². The number of piperidine rings is 1. The normalized spacial score (nSPS) is 16.8. The molecule has 26 heavy (non-hydrogen) atoms. The standard InChI is InChI=1S/C16H30F3N5O.HI/c1-2-21-15(23-9-7-16(17,18)19)22-8-3-4-10-24-11-5-13(6-12-24)14(20)25;/h13H,2-12H2,1H3,(H2,20,25)(H2,21,22,23);1H. The Kier molecular flexibility index (Phi) is 13.0. The van der Waals surface area contributed by atoms with E-state index < -0.39 is 12.6 Å². The molecule has 0 unspecified atom stereocenters. The number of unbranched alkanes of at least 4 members (excludes halogenated alkanes) is 1. The maximum Gasteiger partial charge on any atom is 0.390 e. The summed E-state index contributed by atoms with van der Waals surface area (Å²) in [6, 6.07) is 0. The molecule has 1 aliphatic heterocycles. The number of carbonyl (C=O) groups is 1. The molecule has 0 saturated carbocycles. The van der Waals surface area contributed by atoms with E-state index >= 15 is 0 Å². The molecule has 0 radical (unpaired) electrons. The van der Waals surface area contributed by atoms with E-state index in [-0.39, 0.29) is 42.3 Å². The molecule has 1 aliphatic rings. The third kappa shape index (κ3) is 11.8. The van der Waals surface area contributed by atoms with Crippen molar-refractivity contribution in [3.8, 4) is 0 Å². The molecule has 1 amide bonds. The molecule has 1 heterocycles. The number of primary amides is 1. The molecule has 1 rings (SSSR count). The van der Waals surface area contributed by atoms with Crippen LogP contribution in [0.3, 0.4) is 0 Å². The van der Waals surface area contributed by atoms with Crippen LogP contribution in [0.1, 0.15) is 39.0 Å². The molecule has 0 aliphatic carbocycles. The number of amides is 1. The van der Waals surface area contributed by atoms with Gasteiger partial charge >= 0.3 is 6.18 Å². The van der Waals surface area contributed by atoms with E-state index in [0.29, 0.717) is 19.0 Å². The Morgan fingerprint density at radius 2 is 1.88 bits per heavy atom. The van der Waals surface area contributed by atoms with Gasteiger partial charge in [0.15, 0.2) is 5.96 Å². The van der Waals surface area contributed by atoms with Crippen LogP contribution in [0.4, 0.5) is 13.2 Å². The highest BCUT2D eigenvalue weighted by Crippen LogP contribution is 2.18. The lowest BCUT2D eigenvalue weighted by molar-refractivity contribution is -0.132. The second kappa shape index (κ2) is 13.4. The second-order valence-corrected chi connectivity index (χ2v) is 6.28. The zero-order chi connectivity index (χ0) is 18.7. The predicted molar refractivity (Wildman–Crippen MR) is 108 cm³/mol. The predicted octanol–water partition coefficient (Wildman–Crippen LogP) is 2.09. The average Bonchev–Trinajstić information content (AvgIpc) is 2.53. The van der Waals surface area contributed by atoms with Crippen LogP contribution >= 0.6 is 24.0 Å². The lowest BCUT2D eigenvalue weighted by Crippen LogP contribution is -2.39. The highest BCUT2D eigenvalue weighted by molar-refractivity contribution is 14.0. The van der Waals surface area contributed by atoms with Crippen molar-refractivity contribution < 1.29 is 18.0 Å². The van der Waals surface area contributed by atoms with E-state index in [9.17, 15) is 18.0 Å². The van der Waals surface area contributed by atoms with Crippen LogP contribution in [-0.4, -0.2) is 62.2 Å². The molecular formula is C16H31F3IN5O. The first kappa shape index (κ1) is 25.2. The number of halogens is 4. The van der Waals surface area contributed by atoms with Crippen molar-refractivity contribution in [2.24, 2.45) is 16.6 Å². The van der Waals surface area contributed by atoms with Gasteiger partial charge in [0.25, 0.3) is 0 Å². The van der Waals surface area contributed by atoms with Crippen LogP contribution in [0.15, 0.2) is 4.99 Å². The first-order valence-electron chi connectivity index (χ1n) is 8.92. The molecule has 1 fully saturated rings. The zero-order valence-electron chi connectivity index (χ0n) is 15.3. The second-order valence-electron chi connectivity index (χ2n) is 6.28. The van der Waals surface area contributed by atoms with E-state index in [2.05, 4.69) is 20.5 Å². The van der Waals surface area contributed by atoms with Gasteiger partial charge in [0.1, 0.15) is 0 Å². The van der Waals surface area contributed by atoms with Crippen molar-refractivity contribution in [1.29, 1.82) is 0 Å². The fourth-order valence-electron chi connectivity index (χ4n) is 2.74. The SMILES string of the molecule is CCNC(=NCCCCN1CCC(C(N)=O)CC1)NCCC(F)(F)F.I. The number of nitrogens with zero attached hydrogens (tertiary/aromatic N) is 2. The Bertz CT molecular complexity index is 427. The van der Waals surface area contributed by atoms with Crippen LogP contribution in [0.5, 0.6) is 0 Å². The molecular weight excluding hydrogens is 462 g/mol. The van der Waals surface area contributed by atoms with E-state index in [1.165, 1.54) is 0 Å². The van der Waals surface area contributed by atoms with Gasteiger partial charge in [0.2, 0.25) is 5.91 Å². The van der Waals surface area contributed by atoms with Crippen molar-refractivity contribution >= 4 is 35.8 Å². The molecule has 0 aromatic rings. The summed E-state index contributed by atoms with van der Waals surface area (Å²) >= 11 is 0. The van der Waals surface area contributed by atoms with Gasteiger partial charge in [-0.15, -0.1) is 24.0 Å². The van der Waals surface area contributed by atoms with Crippen LogP contribution in [0, 0.1) is 5.92 Å². The third-order valence-electron chi connectivity index (χ3n) is 4.19. The third-order valence-corrected chi connectivity index (χ3v) is 4.19. The van der Waals surface area contributed by atoms with Gasteiger partial charge in [-0.3, -0.25) is 9.79 Å². The molecule has 4 N–H and O–H groups in total. The fraction of sp³-hybridized carbons (Fsp3) is 0.875. The lowest BCUT2D eigenvalue weighted by Gasteiger charge is -2.30. The maximum atomic E-state index is 12.2. The number of alkyl halides is 3. The summed E-state index contributed by atoms with van der Waals surface area (Å²) in [7, 11) is 0. The summed E-state index contributed by atoms with van der Waals surface area (Å²) in [6.45, 7) is 5.59. The number of aliphatic imine (C=N–C) groups is 1. The van der Waals surface area contributed by atoms with E-state index in [1.807, 2.05) is 6.92 Å². The van der Waals surface area contributed by atoms with Crippen molar-refractivity contribution in [3.05, 3.63) is 0 Å². The Labute approximate surface area is 170 Å². The first-order chi connectivity index (χ1) is 11.8. The summed E-state index contributed by atoms with van der Waals surface area (Å²) in [5.74, 6) is 0.225. The number of carbonyl (C=O) groups excluding carboxylic acids is 1. The summed E-state index contributed by atoms with van der Waals surface area (Å²) in [5.41, 5.74) is 5.32. The smallest absolute Gasteiger partial charge is 0.369 e. The number of likely N-dealkylation sites (tertiary alicyclic amines) is 1. The number of hydrogen-bond donors (Lipinski definition) is 3. The van der Waals surface area contributed by atoms with Crippen LogP contribution < -0.4 is 16.4 Å². The van der Waals surface area contributed by atoms with E-state index in [1.54, 1.807) is 0 Å². The minimum Gasteiger partial charge on any atom is -0.369 e. The van der Waals surface area contributed by atoms with Crippen molar-refractivity contribution in [3.63, 3.8) is 0 Å². The number of hydrogen-bond acceptors (Lipinski definition) is 3. The largest absolute Gasteiger partial charge is 0.390 e. The summed E-state index contributed by atoms with van der Waals surface area (Å²) in [5, 5.41) is 5.64. The number of nitrogens with two attached hydrogens (primary N) is 1. The maximum absolute atomic E-state index is 12.2. The Morgan fingerprint density at radius 1 is 1.23 bits per heavy atom. The van der Waals surface area contributed by atoms with Gasteiger partial charge < -0.3 is 21.3 Å². The Morgan fingerprint density at radius 3 is 2.42 bits per heavy atom. The lowest BCUT2D eigenvalue weighted by atomic mass is 9.96. The number of guanidine groups is 1. The van der Waals surface area contributed by atoms with Crippen LogP contribution in [0.2, 0.25) is 0 Å². The molecule has 0 bridgehead atoms. The Balaban J connectivity index is 0.00000625. The summed E-state index contributed by atoms with van der Waals surface area (Å²) < 4.78 is 36.5. The topological polar surface area (TPSA) is 82.8 Å². The van der Waals surface area contributed by atoms with Gasteiger partial charge in [-0.25, -0.2) is 0 Å². The minimum atomic E-state index is -4.16. The van der Waals surface area contributed by atoms with Gasteiger partial charge in [0, 0.05) is 25.6 Å². The molecule has 0 atom stereocenters.